The van der Waals surface area contributed by atoms with E-state index >= 15 is 0 Å². The molecule has 6 heteroatoms. The molecule has 21 heavy (non-hydrogen) atoms. The van der Waals surface area contributed by atoms with Gasteiger partial charge in [0.1, 0.15) is 6.04 Å². The molecule has 0 radical (unpaired) electrons. The highest BCUT2D eigenvalue weighted by molar-refractivity contribution is 7.81. The van der Waals surface area contributed by atoms with Crippen LogP contribution < -0.4 is 5.32 Å². The zero-order valence-electron chi connectivity index (χ0n) is 12.0. The maximum absolute atomic E-state index is 12.5. The van der Waals surface area contributed by atoms with Gasteiger partial charge in [0, 0.05) is 13.6 Å². The van der Waals surface area contributed by atoms with Crippen molar-refractivity contribution in [3.05, 3.63) is 35.9 Å². The fourth-order valence-corrected chi connectivity index (χ4v) is 2.73. The van der Waals surface area contributed by atoms with Crippen LogP contribution in [0.3, 0.4) is 0 Å². The molecule has 2 rings (SSSR count). The first-order valence-electron chi connectivity index (χ1n) is 6.95. The lowest BCUT2D eigenvalue weighted by atomic mass is 10.1. The van der Waals surface area contributed by atoms with Gasteiger partial charge in [0.05, 0.1) is 18.5 Å². The molecular formula is C15H20N2O3S. The first-order chi connectivity index (χ1) is 10.1. The van der Waals surface area contributed by atoms with E-state index in [1.807, 2.05) is 30.3 Å². The Labute approximate surface area is 130 Å². The van der Waals surface area contributed by atoms with Crippen LogP contribution in [0.5, 0.6) is 0 Å². The zero-order chi connectivity index (χ0) is 15.2. The predicted molar refractivity (Wildman–Crippen MR) is 83.3 cm³/mol. The molecule has 1 saturated heterocycles. The third-order valence-corrected chi connectivity index (χ3v) is 3.92. The molecular weight excluding hydrogens is 288 g/mol. The number of hydrogen-bond donors (Lipinski definition) is 2. The van der Waals surface area contributed by atoms with Gasteiger partial charge in [-0.15, -0.1) is 0 Å². The Hall–Kier alpha value is -1.53. The largest absolute Gasteiger partial charge is 0.377 e. The van der Waals surface area contributed by atoms with Crippen molar-refractivity contribution >= 4 is 24.4 Å². The Morgan fingerprint density at radius 2 is 2.14 bits per heavy atom. The monoisotopic (exact) mass is 308 g/mol. The van der Waals surface area contributed by atoms with Gasteiger partial charge in [0.2, 0.25) is 11.8 Å². The van der Waals surface area contributed by atoms with Crippen LogP contribution in [-0.2, 0) is 20.7 Å². The van der Waals surface area contributed by atoms with E-state index in [1.54, 1.807) is 11.9 Å². The molecule has 2 amide bonds. The summed E-state index contributed by atoms with van der Waals surface area (Å²) < 4.78 is 5.30. The maximum atomic E-state index is 12.5. The summed E-state index contributed by atoms with van der Waals surface area (Å²) >= 11 is 4.42. The van der Waals surface area contributed by atoms with E-state index in [2.05, 4.69) is 17.9 Å². The molecule has 0 bridgehead atoms. The molecule has 1 aliphatic heterocycles. The van der Waals surface area contributed by atoms with Crippen LogP contribution in [0.1, 0.15) is 5.56 Å². The number of benzene rings is 1. The van der Waals surface area contributed by atoms with Crippen LogP contribution in [0.2, 0.25) is 0 Å². The van der Waals surface area contributed by atoms with Gasteiger partial charge in [-0.3, -0.25) is 9.59 Å². The van der Waals surface area contributed by atoms with E-state index < -0.39 is 11.3 Å². The summed E-state index contributed by atoms with van der Waals surface area (Å²) in [4.78, 5) is 26.0. The average Bonchev–Trinajstić information content (AvgIpc) is 2.54. The number of thiol groups is 1. The number of carbonyl (C=O) groups is 2. The minimum Gasteiger partial charge on any atom is -0.377 e. The second-order valence-electron chi connectivity index (χ2n) is 4.94. The number of amides is 2. The summed E-state index contributed by atoms with van der Waals surface area (Å²) in [5.41, 5.74) is 1.05. The standard InChI is InChI=1S/C15H20N2O3S/c1-16-14(18)12-10-20-8-7-17(12)15(19)13(21)9-11-5-3-2-4-6-11/h2-6,12-13,21H,7-10H2,1H3,(H,16,18). The van der Waals surface area contributed by atoms with Crippen molar-refractivity contribution in [1.82, 2.24) is 10.2 Å². The van der Waals surface area contributed by atoms with Gasteiger partial charge in [-0.1, -0.05) is 30.3 Å². The molecule has 2 atom stereocenters. The Balaban J connectivity index is 2.04. The number of hydrogen-bond acceptors (Lipinski definition) is 4. The first-order valence-corrected chi connectivity index (χ1v) is 7.47. The van der Waals surface area contributed by atoms with Gasteiger partial charge in [-0.05, 0) is 12.0 Å². The third-order valence-electron chi connectivity index (χ3n) is 3.52. The Morgan fingerprint density at radius 3 is 2.81 bits per heavy atom. The second kappa shape index (κ2) is 7.47. The Morgan fingerprint density at radius 1 is 1.43 bits per heavy atom. The number of ether oxygens (including phenoxy) is 1. The molecule has 1 aromatic carbocycles. The maximum Gasteiger partial charge on any atom is 0.244 e. The Kier molecular flexibility index (Phi) is 5.64. The van der Waals surface area contributed by atoms with Crippen LogP contribution in [0, 0.1) is 0 Å². The summed E-state index contributed by atoms with van der Waals surface area (Å²) in [5.74, 6) is -0.331. The molecule has 1 heterocycles. The fraction of sp³-hybridized carbons (Fsp3) is 0.467. The number of nitrogens with zero attached hydrogens (tertiary/aromatic N) is 1. The van der Waals surface area contributed by atoms with Crippen molar-refractivity contribution in [3.63, 3.8) is 0 Å². The summed E-state index contributed by atoms with van der Waals surface area (Å²) in [6.07, 6.45) is 0.542. The summed E-state index contributed by atoms with van der Waals surface area (Å²) in [6.45, 7) is 1.10. The number of nitrogens with one attached hydrogen (secondary N) is 1. The van der Waals surface area contributed by atoms with Gasteiger partial charge < -0.3 is 15.0 Å². The number of rotatable bonds is 4. The molecule has 0 aromatic heterocycles. The third kappa shape index (κ3) is 3.98. The minimum absolute atomic E-state index is 0.126. The van der Waals surface area contributed by atoms with E-state index in [0.717, 1.165) is 5.56 Å². The van der Waals surface area contributed by atoms with E-state index in [0.29, 0.717) is 19.6 Å². The van der Waals surface area contributed by atoms with Crippen LogP contribution in [-0.4, -0.2) is 54.8 Å². The molecule has 1 fully saturated rings. The predicted octanol–water partition coefficient (Wildman–Crippen LogP) is 0.501. The normalized spacial score (nSPS) is 19.9. The first kappa shape index (κ1) is 15.9. The second-order valence-corrected chi connectivity index (χ2v) is 5.57. The van der Waals surface area contributed by atoms with Crippen LogP contribution in [0.15, 0.2) is 30.3 Å². The molecule has 1 aromatic rings. The van der Waals surface area contributed by atoms with Crippen LogP contribution in [0.25, 0.3) is 0 Å². The molecule has 0 aliphatic carbocycles. The topological polar surface area (TPSA) is 58.6 Å². The highest BCUT2D eigenvalue weighted by Gasteiger charge is 2.34. The number of carbonyl (C=O) groups excluding carboxylic acids is 2. The highest BCUT2D eigenvalue weighted by atomic mass is 32.1. The van der Waals surface area contributed by atoms with E-state index in [4.69, 9.17) is 4.74 Å². The zero-order valence-corrected chi connectivity index (χ0v) is 12.9. The average molecular weight is 308 g/mol. The lowest BCUT2D eigenvalue weighted by molar-refractivity contribution is -0.147. The molecule has 1 aliphatic rings. The smallest absolute Gasteiger partial charge is 0.244 e. The summed E-state index contributed by atoms with van der Waals surface area (Å²) in [7, 11) is 1.56. The summed E-state index contributed by atoms with van der Waals surface area (Å²) in [6, 6.07) is 9.16. The van der Waals surface area contributed by atoms with Crippen molar-refractivity contribution in [2.45, 2.75) is 17.7 Å². The van der Waals surface area contributed by atoms with Gasteiger partial charge in [0.25, 0.3) is 0 Å². The van der Waals surface area contributed by atoms with Crippen molar-refractivity contribution in [3.8, 4) is 0 Å². The molecule has 0 saturated carbocycles. The van der Waals surface area contributed by atoms with Crippen molar-refractivity contribution in [2.75, 3.05) is 26.8 Å². The van der Waals surface area contributed by atoms with Gasteiger partial charge >= 0.3 is 0 Å². The van der Waals surface area contributed by atoms with Gasteiger partial charge in [0.15, 0.2) is 0 Å². The summed E-state index contributed by atoms with van der Waals surface area (Å²) in [5, 5.41) is 2.11. The van der Waals surface area contributed by atoms with E-state index in [9.17, 15) is 9.59 Å². The molecule has 114 valence electrons. The number of likely N-dealkylation sites (N-methyl/N-ethyl adjacent to an activating group) is 1. The molecule has 5 nitrogen and oxygen atoms in total. The lowest BCUT2D eigenvalue weighted by Crippen LogP contribution is -2.57. The van der Waals surface area contributed by atoms with Gasteiger partial charge in [-0.25, -0.2) is 0 Å². The van der Waals surface area contributed by atoms with E-state index in [1.165, 1.54) is 0 Å². The lowest BCUT2D eigenvalue weighted by Gasteiger charge is -2.35. The molecule has 2 unspecified atom stereocenters. The SMILES string of the molecule is CNC(=O)C1COCCN1C(=O)C(S)Cc1ccccc1. The van der Waals surface area contributed by atoms with Crippen molar-refractivity contribution in [2.24, 2.45) is 0 Å². The van der Waals surface area contributed by atoms with Crippen molar-refractivity contribution in [1.29, 1.82) is 0 Å². The van der Waals surface area contributed by atoms with Crippen LogP contribution >= 0.6 is 12.6 Å². The molecule has 0 spiro atoms. The quantitative estimate of drug-likeness (QED) is 0.797. The minimum atomic E-state index is -0.568. The van der Waals surface area contributed by atoms with E-state index in [-0.39, 0.29) is 18.4 Å². The fourth-order valence-electron chi connectivity index (χ4n) is 2.37. The molecule has 1 N–H and O–H groups in total. The van der Waals surface area contributed by atoms with Gasteiger partial charge in [-0.2, -0.15) is 12.6 Å². The Bertz CT molecular complexity index is 495. The van der Waals surface area contributed by atoms with Crippen molar-refractivity contribution < 1.29 is 14.3 Å². The number of morpholine rings is 1. The highest BCUT2D eigenvalue weighted by Crippen LogP contribution is 2.15. The van der Waals surface area contributed by atoms with Crippen LogP contribution in [0.4, 0.5) is 0 Å².